The molecule has 1 fully saturated rings. The van der Waals surface area contributed by atoms with Gasteiger partial charge in [0.1, 0.15) is 5.82 Å². The lowest BCUT2D eigenvalue weighted by Gasteiger charge is -2.19. The molecule has 4 aromatic rings. The fourth-order valence-corrected chi connectivity index (χ4v) is 5.06. The minimum absolute atomic E-state index is 0.0286. The Morgan fingerprint density at radius 1 is 1.34 bits per heavy atom. The number of rotatable bonds is 4. The third-order valence-electron chi connectivity index (χ3n) is 6.62. The molecule has 0 aliphatic heterocycles. The number of fused-ring (bicyclic) bond motifs is 2. The average Bonchev–Trinajstić information content (AvgIpc) is 3.43. The molecule has 8 heteroatoms. The van der Waals surface area contributed by atoms with Crippen LogP contribution in [-0.4, -0.2) is 36.5 Å². The molecule has 3 heterocycles. The van der Waals surface area contributed by atoms with Crippen LogP contribution in [0.4, 0.5) is 8.78 Å². The molecule has 0 radical (unpaired) electrons. The van der Waals surface area contributed by atoms with Crippen molar-refractivity contribution in [3.05, 3.63) is 53.1 Å². The van der Waals surface area contributed by atoms with Gasteiger partial charge in [0.15, 0.2) is 5.65 Å². The Labute approximate surface area is 183 Å². The lowest BCUT2D eigenvalue weighted by Crippen LogP contribution is -2.30. The van der Waals surface area contributed by atoms with Gasteiger partial charge in [-0.05, 0) is 67.9 Å². The van der Waals surface area contributed by atoms with E-state index in [1.54, 1.807) is 25.3 Å². The van der Waals surface area contributed by atoms with Crippen molar-refractivity contribution >= 4 is 28.0 Å². The first kappa shape index (κ1) is 20.6. The average molecular weight is 438 g/mol. The number of nitrogens with zero attached hydrogens (tertiary/aromatic N) is 3. The van der Waals surface area contributed by atoms with Gasteiger partial charge in [-0.25, -0.2) is 18.6 Å². The maximum absolute atomic E-state index is 15.0. The van der Waals surface area contributed by atoms with Crippen LogP contribution >= 0.6 is 0 Å². The lowest BCUT2D eigenvalue weighted by molar-refractivity contribution is -0.150. The summed E-state index contributed by atoms with van der Waals surface area (Å²) in [7, 11) is 0. The predicted molar refractivity (Wildman–Crippen MR) is 118 cm³/mol. The molecule has 1 aliphatic rings. The first-order valence-electron chi connectivity index (χ1n) is 10.8. The highest BCUT2D eigenvalue weighted by atomic mass is 19.1. The largest absolute Gasteiger partial charge is 0.479 e. The highest BCUT2D eigenvalue weighted by molar-refractivity contribution is 5.94. The smallest absolute Gasteiger partial charge is 0.341 e. The van der Waals surface area contributed by atoms with Crippen molar-refractivity contribution in [2.24, 2.45) is 0 Å². The first-order valence-corrected chi connectivity index (χ1v) is 10.8. The summed E-state index contributed by atoms with van der Waals surface area (Å²) in [6, 6.07) is 6.93. The van der Waals surface area contributed by atoms with E-state index in [2.05, 4.69) is 14.8 Å². The van der Waals surface area contributed by atoms with E-state index in [4.69, 9.17) is 4.98 Å². The zero-order chi connectivity index (χ0) is 22.8. The number of pyridine rings is 1. The first-order chi connectivity index (χ1) is 15.2. The van der Waals surface area contributed by atoms with Crippen LogP contribution in [0.2, 0.25) is 0 Å². The van der Waals surface area contributed by atoms with Crippen LogP contribution < -0.4 is 0 Å². The van der Waals surface area contributed by atoms with Crippen LogP contribution in [0.3, 0.4) is 0 Å². The number of aromatic nitrogens is 4. The van der Waals surface area contributed by atoms with Gasteiger partial charge in [-0.2, -0.15) is 5.10 Å². The summed E-state index contributed by atoms with van der Waals surface area (Å²) in [6.45, 7) is 5.81. The normalized spacial score (nSPS) is 21.2. The Bertz CT molecular complexity index is 1370. The summed E-state index contributed by atoms with van der Waals surface area (Å²) >= 11 is 0. The number of halogens is 2. The molecule has 0 saturated heterocycles. The van der Waals surface area contributed by atoms with Gasteiger partial charge in [0.05, 0.1) is 17.2 Å². The molecular formula is C24H24F2N4O2. The number of alkyl halides is 1. The predicted octanol–water partition coefficient (Wildman–Crippen LogP) is 5.53. The molecule has 166 valence electrons. The summed E-state index contributed by atoms with van der Waals surface area (Å²) in [5.41, 5.74) is 3.01. The molecule has 1 saturated carbocycles. The van der Waals surface area contributed by atoms with Gasteiger partial charge in [0.25, 0.3) is 0 Å². The number of aliphatic carboxylic acids is 1. The van der Waals surface area contributed by atoms with E-state index in [0.717, 1.165) is 27.8 Å². The molecule has 3 aromatic heterocycles. The van der Waals surface area contributed by atoms with Crippen molar-refractivity contribution in [1.82, 2.24) is 19.7 Å². The van der Waals surface area contributed by atoms with Gasteiger partial charge in [-0.1, -0.05) is 13.8 Å². The van der Waals surface area contributed by atoms with Gasteiger partial charge < -0.3 is 9.67 Å². The zero-order valence-corrected chi connectivity index (χ0v) is 18.1. The fourth-order valence-electron chi connectivity index (χ4n) is 5.06. The molecular weight excluding hydrogens is 414 g/mol. The second kappa shape index (κ2) is 7.12. The van der Waals surface area contributed by atoms with E-state index in [1.165, 1.54) is 6.07 Å². The Balaban J connectivity index is 1.84. The van der Waals surface area contributed by atoms with Crippen LogP contribution in [0, 0.1) is 12.7 Å². The van der Waals surface area contributed by atoms with Crippen LogP contribution in [-0.2, 0) is 4.79 Å². The number of nitrogens with one attached hydrogen (secondary N) is 1. The quantitative estimate of drug-likeness (QED) is 0.439. The monoisotopic (exact) mass is 438 g/mol. The topological polar surface area (TPSA) is 83.8 Å². The number of H-pyrrole nitrogens is 1. The van der Waals surface area contributed by atoms with Crippen molar-refractivity contribution in [1.29, 1.82) is 0 Å². The second-order valence-corrected chi connectivity index (χ2v) is 9.10. The van der Waals surface area contributed by atoms with Crippen LogP contribution in [0.1, 0.15) is 61.8 Å². The molecule has 0 amide bonds. The molecule has 0 bridgehead atoms. The lowest BCUT2D eigenvalue weighted by atomic mass is 9.91. The Hall–Kier alpha value is -3.29. The molecule has 5 rings (SSSR count). The fraction of sp³-hybridized carbons (Fsp3) is 0.375. The number of aryl methyl sites for hydroxylation is 1. The number of benzene rings is 1. The molecule has 0 unspecified atom stereocenters. The highest BCUT2D eigenvalue weighted by Crippen LogP contribution is 2.49. The summed E-state index contributed by atoms with van der Waals surface area (Å²) in [5, 5.41) is 17.2. The number of carbonyl (C=O) groups is 1. The minimum Gasteiger partial charge on any atom is -0.479 e. The molecule has 6 nitrogen and oxygen atoms in total. The SMILES string of the molecule is Cc1cc(-n2c(C(C)C)c([C@@H]3CC[C@@](F)(C(=O)O)C3)c3nc4[nH]ncc4cc32)ccc1F. The van der Waals surface area contributed by atoms with Crippen molar-refractivity contribution < 1.29 is 18.7 Å². The van der Waals surface area contributed by atoms with Gasteiger partial charge in [0, 0.05) is 22.3 Å². The summed E-state index contributed by atoms with van der Waals surface area (Å²) in [4.78, 5) is 16.4. The van der Waals surface area contributed by atoms with E-state index in [1.807, 2.05) is 19.9 Å². The van der Waals surface area contributed by atoms with Crippen LogP contribution in [0.25, 0.3) is 27.8 Å². The van der Waals surface area contributed by atoms with Crippen LogP contribution in [0.5, 0.6) is 0 Å². The van der Waals surface area contributed by atoms with Crippen molar-refractivity contribution in [3.63, 3.8) is 0 Å². The molecule has 1 aromatic carbocycles. The third-order valence-corrected chi connectivity index (χ3v) is 6.62. The van der Waals surface area contributed by atoms with E-state index < -0.39 is 11.6 Å². The van der Waals surface area contributed by atoms with Crippen molar-refractivity contribution in [2.45, 2.75) is 57.5 Å². The van der Waals surface area contributed by atoms with Gasteiger partial charge in [0.2, 0.25) is 5.67 Å². The standard InChI is InChI=1S/C24H24F2N4O2/c1-12(2)21-19(14-6-7-24(26,10-14)23(31)32)20-18(9-15-11-27-29-22(15)28-20)30(21)16-4-5-17(25)13(3)8-16/h4-5,8-9,11-12,14H,6-7,10H2,1-3H3,(H,31,32)(H,27,28,29)/t14-,24+/m1/s1. The molecule has 1 aliphatic carbocycles. The highest BCUT2D eigenvalue weighted by Gasteiger charge is 2.48. The number of hydrogen-bond donors (Lipinski definition) is 2. The van der Waals surface area contributed by atoms with Crippen molar-refractivity contribution in [2.75, 3.05) is 0 Å². The number of carboxylic acid groups (broad SMARTS) is 1. The van der Waals surface area contributed by atoms with Gasteiger partial charge >= 0.3 is 5.97 Å². The van der Waals surface area contributed by atoms with Crippen LogP contribution in [0.15, 0.2) is 30.5 Å². The number of aromatic amines is 1. The maximum atomic E-state index is 15.0. The number of hydrogen-bond acceptors (Lipinski definition) is 3. The van der Waals surface area contributed by atoms with E-state index in [0.29, 0.717) is 23.1 Å². The minimum atomic E-state index is -2.24. The summed E-state index contributed by atoms with van der Waals surface area (Å²) in [6.07, 6.45) is 1.99. The van der Waals surface area contributed by atoms with Gasteiger partial charge in [-0.15, -0.1) is 0 Å². The number of carboxylic acids is 1. The van der Waals surface area contributed by atoms with Crippen molar-refractivity contribution in [3.8, 4) is 5.69 Å². The second-order valence-electron chi connectivity index (χ2n) is 9.10. The van der Waals surface area contributed by atoms with E-state index in [-0.39, 0.29) is 30.5 Å². The zero-order valence-electron chi connectivity index (χ0n) is 18.1. The molecule has 2 N–H and O–H groups in total. The molecule has 32 heavy (non-hydrogen) atoms. The summed E-state index contributed by atoms with van der Waals surface area (Å²) in [5.74, 6) is -1.94. The Morgan fingerprint density at radius 3 is 2.78 bits per heavy atom. The Morgan fingerprint density at radius 2 is 2.12 bits per heavy atom. The van der Waals surface area contributed by atoms with Gasteiger partial charge in [-0.3, -0.25) is 5.10 Å². The molecule has 2 atom stereocenters. The summed E-state index contributed by atoms with van der Waals surface area (Å²) < 4.78 is 31.1. The third kappa shape index (κ3) is 3.00. The Kier molecular flexibility index (Phi) is 4.58. The van der Waals surface area contributed by atoms with E-state index >= 15 is 4.39 Å². The van der Waals surface area contributed by atoms with E-state index in [9.17, 15) is 14.3 Å². The maximum Gasteiger partial charge on any atom is 0.341 e. The molecule has 0 spiro atoms.